The third-order valence-corrected chi connectivity index (χ3v) is 6.07. The second kappa shape index (κ2) is 11.4. The molecule has 0 saturated carbocycles. The number of ketones is 1. The molecule has 0 heterocycles. The maximum Gasteiger partial charge on any atom is 0.348 e. The van der Waals surface area contributed by atoms with E-state index in [0.29, 0.717) is 30.2 Å². The number of nitrogens with two attached hydrogens (primary N) is 1. The van der Waals surface area contributed by atoms with Crippen molar-refractivity contribution in [3.8, 4) is 11.5 Å². The maximum absolute atomic E-state index is 13.6. The molecule has 7 nitrogen and oxygen atoms in total. The molecule has 0 spiro atoms. The van der Waals surface area contributed by atoms with Gasteiger partial charge in [-0.15, -0.1) is 0 Å². The summed E-state index contributed by atoms with van der Waals surface area (Å²) in [6.45, 7) is 10.8. The second-order valence-electron chi connectivity index (χ2n) is 8.00. The van der Waals surface area contributed by atoms with Crippen molar-refractivity contribution < 1.29 is 19.4 Å². The summed E-state index contributed by atoms with van der Waals surface area (Å²) in [5.74, 6) is -1.26. The molecule has 184 valence electrons. The fourth-order valence-electron chi connectivity index (χ4n) is 4.13. The molecule has 0 bridgehead atoms. The van der Waals surface area contributed by atoms with E-state index < -0.39 is 11.8 Å². The second-order valence-corrected chi connectivity index (χ2v) is 8.00. The van der Waals surface area contributed by atoms with Crippen LogP contribution < -0.4 is 20.3 Å². The molecule has 0 aromatic heterocycles. The fraction of sp³-hybridized carbons (Fsp3) is 0.286. The Balaban J connectivity index is 2.11. The largest absolute Gasteiger partial charge is 0.505 e. The summed E-state index contributed by atoms with van der Waals surface area (Å²) >= 11 is 0. The highest BCUT2D eigenvalue weighted by atomic mass is 16.5. The molecule has 0 atom stereocenters. The van der Waals surface area contributed by atoms with E-state index in [4.69, 9.17) is 10.5 Å². The SMILES string of the molecule is CCN(CC)c1ccc(C(=O)c2ccc(N(CC)CC)c(O)c2C(=O)Oc2ccccc2)c(N)c1. The van der Waals surface area contributed by atoms with E-state index in [1.54, 1.807) is 54.6 Å². The topological polar surface area (TPSA) is 96.1 Å². The van der Waals surface area contributed by atoms with Gasteiger partial charge in [-0.3, -0.25) is 4.79 Å². The van der Waals surface area contributed by atoms with Crippen molar-refractivity contribution in [1.82, 2.24) is 0 Å². The van der Waals surface area contributed by atoms with Crippen LogP contribution in [0, 0.1) is 0 Å². The van der Waals surface area contributed by atoms with Crippen LogP contribution in [0.1, 0.15) is 54.0 Å². The molecule has 3 aromatic carbocycles. The van der Waals surface area contributed by atoms with Crippen molar-refractivity contribution >= 4 is 28.8 Å². The number of nitrogens with zero attached hydrogens (tertiary/aromatic N) is 2. The standard InChI is InChI=1S/C28H33N3O4/c1-5-30(6-2)19-14-15-21(23(29)18-19)26(32)22-16-17-24(31(7-3)8-4)27(33)25(22)28(34)35-20-12-10-9-11-13-20/h9-18,33H,5-8,29H2,1-4H3. The van der Waals surface area contributed by atoms with E-state index in [9.17, 15) is 14.7 Å². The van der Waals surface area contributed by atoms with Crippen LogP contribution in [-0.2, 0) is 0 Å². The molecular weight excluding hydrogens is 442 g/mol. The van der Waals surface area contributed by atoms with Gasteiger partial charge in [0.05, 0.1) is 5.69 Å². The van der Waals surface area contributed by atoms with Crippen molar-refractivity contribution in [1.29, 1.82) is 0 Å². The number of ether oxygens (including phenoxy) is 1. The zero-order valence-electron chi connectivity index (χ0n) is 20.7. The molecule has 0 aliphatic rings. The maximum atomic E-state index is 13.6. The minimum absolute atomic E-state index is 0.0293. The molecule has 7 heteroatoms. The van der Waals surface area contributed by atoms with E-state index in [1.807, 2.05) is 38.7 Å². The number of esters is 1. The van der Waals surface area contributed by atoms with Crippen LogP contribution in [0.2, 0.25) is 0 Å². The number of para-hydroxylation sites is 1. The van der Waals surface area contributed by atoms with Crippen LogP contribution in [0.25, 0.3) is 0 Å². The number of phenols is 1. The predicted octanol–water partition coefficient (Wildman–Crippen LogP) is 5.12. The van der Waals surface area contributed by atoms with Crippen molar-refractivity contribution in [2.24, 2.45) is 0 Å². The zero-order valence-corrected chi connectivity index (χ0v) is 20.7. The molecule has 3 N–H and O–H groups in total. The Kier molecular flexibility index (Phi) is 8.36. The van der Waals surface area contributed by atoms with Gasteiger partial charge < -0.3 is 25.4 Å². The highest BCUT2D eigenvalue weighted by Gasteiger charge is 2.28. The van der Waals surface area contributed by atoms with Gasteiger partial charge in [0.1, 0.15) is 11.3 Å². The number of carbonyl (C=O) groups is 2. The van der Waals surface area contributed by atoms with Crippen LogP contribution in [0.3, 0.4) is 0 Å². The van der Waals surface area contributed by atoms with Crippen molar-refractivity contribution in [2.45, 2.75) is 27.7 Å². The molecule has 0 saturated heterocycles. The number of hydrogen-bond acceptors (Lipinski definition) is 7. The van der Waals surface area contributed by atoms with Crippen molar-refractivity contribution in [2.75, 3.05) is 41.7 Å². The van der Waals surface area contributed by atoms with Crippen LogP contribution in [0.15, 0.2) is 60.7 Å². The van der Waals surface area contributed by atoms with E-state index in [1.165, 1.54) is 0 Å². The van der Waals surface area contributed by atoms with Crippen molar-refractivity contribution in [3.63, 3.8) is 0 Å². The van der Waals surface area contributed by atoms with Crippen molar-refractivity contribution in [3.05, 3.63) is 77.4 Å². The van der Waals surface area contributed by atoms with Crippen LogP contribution in [0.5, 0.6) is 11.5 Å². The molecule has 0 aliphatic heterocycles. The average molecular weight is 476 g/mol. The van der Waals surface area contributed by atoms with E-state index in [0.717, 1.165) is 18.8 Å². The first-order chi connectivity index (χ1) is 16.9. The summed E-state index contributed by atoms with van der Waals surface area (Å²) in [6, 6.07) is 17.0. The molecule has 3 rings (SSSR count). The zero-order chi connectivity index (χ0) is 25.5. The quantitative estimate of drug-likeness (QED) is 0.182. The summed E-state index contributed by atoms with van der Waals surface area (Å²) in [7, 11) is 0. The summed E-state index contributed by atoms with van der Waals surface area (Å²) in [4.78, 5) is 30.9. The number of anilines is 3. The Morgan fingerprint density at radius 3 is 2.00 bits per heavy atom. The summed E-state index contributed by atoms with van der Waals surface area (Å²) < 4.78 is 5.51. The lowest BCUT2D eigenvalue weighted by Gasteiger charge is -2.24. The van der Waals surface area contributed by atoms with E-state index >= 15 is 0 Å². The molecule has 0 fully saturated rings. The Morgan fingerprint density at radius 2 is 1.43 bits per heavy atom. The minimum Gasteiger partial charge on any atom is -0.505 e. The number of benzene rings is 3. The first kappa shape index (κ1) is 25.6. The van der Waals surface area contributed by atoms with E-state index in [2.05, 4.69) is 4.90 Å². The van der Waals surface area contributed by atoms with Gasteiger partial charge in [0.2, 0.25) is 0 Å². The number of aromatic hydroxyl groups is 1. The normalized spacial score (nSPS) is 10.6. The molecule has 3 aromatic rings. The highest BCUT2D eigenvalue weighted by molar-refractivity contribution is 6.18. The number of rotatable bonds is 10. The first-order valence-electron chi connectivity index (χ1n) is 11.9. The number of phenolic OH excluding ortho intramolecular Hbond substituents is 1. The Morgan fingerprint density at radius 1 is 0.829 bits per heavy atom. The lowest BCUT2D eigenvalue weighted by atomic mass is 9.95. The Labute approximate surface area is 206 Å². The van der Waals surface area contributed by atoms with Crippen LogP contribution in [-0.4, -0.2) is 43.0 Å². The van der Waals surface area contributed by atoms with Gasteiger partial charge in [0, 0.05) is 48.7 Å². The van der Waals surface area contributed by atoms with Gasteiger partial charge in [-0.1, -0.05) is 18.2 Å². The smallest absolute Gasteiger partial charge is 0.348 e. The summed E-state index contributed by atoms with van der Waals surface area (Å²) in [6.07, 6.45) is 0. The van der Waals surface area contributed by atoms with Gasteiger partial charge in [-0.05, 0) is 70.2 Å². The Hall–Kier alpha value is -4.00. The molecular formula is C28H33N3O4. The van der Waals surface area contributed by atoms with Gasteiger partial charge in [-0.2, -0.15) is 0 Å². The highest BCUT2D eigenvalue weighted by Crippen LogP contribution is 2.36. The summed E-state index contributed by atoms with van der Waals surface area (Å²) in [5.41, 5.74) is 8.05. The first-order valence-corrected chi connectivity index (χ1v) is 11.9. The van der Waals surface area contributed by atoms with E-state index in [-0.39, 0.29) is 22.4 Å². The fourth-order valence-corrected chi connectivity index (χ4v) is 4.13. The molecule has 0 amide bonds. The molecule has 35 heavy (non-hydrogen) atoms. The lowest BCUT2D eigenvalue weighted by molar-refractivity contribution is 0.0727. The van der Waals surface area contributed by atoms with Crippen LogP contribution in [0.4, 0.5) is 17.1 Å². The minimum atomic E-state index is -0.815. The molecule has 0 aliphatic carbocycles. The predicted molar refractivity (Wildman–Crippen MR) is 141 cm³/mol. The van der Waals surface area contributed by atoms with Gasteiger partial charge in [0.15, 0.2) is 11.5 Å². The number of nitrogen functional groups attached to an aromatic ring is 1. The monoisotopic (exact) mass is 475 g/mol. The summed E-state index contributed by atoms with van der Waals surface area (Å²) in [5, 5.41) is 11.2. The third kappa shape index (κ3) is 5.40. The number of hydrogen-bond donors (Lipinski definition) is 2. The van der Waals surface area contributed by atoms with Gasteiger partial charge in [-0.25, -0.2) is 4.79 Å². The van der Waals surface area contributed by atoms with Gasteiger partial charge >= 0.3 is 5.97 Å². The average Bonchev–Trinajstić information content (AvgIpc) is 2.86. The lowest BCUT2D eigenvalue weighted by Crippen LogP contribution is -2.24. The molecule has 0 unspecified atom stereocenters. The van der Waals surface area contributed by atoms with Crippen LogP contribution >= 0.6 is 0 Å². The molecule has 0 radical (unpaired) electrons. The third-order valence-electron chi connectivity index (χ3n) is 6.07. The number of carbonyl (C=O) groups excluding carboxylic acids is 2. The Bertz CT molecular complexity index is 1190. The van der Waals surface area contributed by atoms with Gasteiger partial charge in [0.25, 0.3) is 0 Å².